The molecule has 2 aromatic rings. The Hall–Kier alpha value is -2.03. The predicted octanol–water partition coefficient (Wildman–Crippen LogP) is 4.06. The minimum Gasteiger partial charge on any atom is -0.496 e. The Bertz CT molecular complexity index is 581. The van der Waals surface area contributed by atoms with E-state index in [1.807, 2.05) is 25.1 Å². The molecule has 2 rings (SSSR count). The van der Waals surface area contributed by atoms with Crippen molar-refractivity contribution >= 4 is 5.69 Å². The first-order chi connectivity index (χ1) is 9.10. The molecule has 0 saturated carbocycles. The van der Waals surface area contributed by atoms with Crippen LogP contribution in [0.1, 0.15) is 16.7 Å². The first kappa shape index (κ1) is 13.4. The third-order valence-corrected chi connectivity index (χ3v) is 3.11. The SMILES string of the molecule is COc1ccc(CNc2ccc(F)c(C)c2)cc1C. The van der Waals surface area contributed by atoms with Gasteiger partial charge in [-0.3, -0.25) is 0 Å². The van der Waals surface area contributed by atoms with Crippen LogP contribution in [0.2, 0.25) is 0 Å². The summed E-state index contributed by atoms with van der Waals surface area (Å²) in [5.74, 6) is 0.715. The van der Waals surface area contributed by atoms with Crippen molar-refractivity contribution in [2.45, 2.75) is 20.4 Å². The number of ether oxygens (including phenoxy) is 1. The molecular formula is C16H18FNO. The number of aryl methyl sites for hydroxylation is 2. The van der Waals surface area contributed by atoms with Crippen molar-refractivity contribution in [3.8, 4) is 5.75 Å². The van der Waals surface area contributed by atoms with Gasteiger partial charge < -0.3 is 10.1 Å². The second-order valence-corrected chi connectivity index (χ2v) is 4.62. The van der Waals surface area contributed by atoms with Crippen LogP contribution in [0.5, 0.6) is 5.75 Å². The number of methoxy groups -OCH3 is 1. The minimum atomic E-state index is -0.175. The molecule has 0 amide bonds. The molecule has 0 radical (unpaired) electrons. The van der Waals surface area contributed by atoms with Gasteiger partial charge in [0.2, 0.25) is 0 Å². The van der Waals surface area contributed by atoms with E-state index in [9.17, 15) is 4.39 Å². The highest BCUT2D eigenvalue weighted by molar-refractivity contribution is 5.47. The van der Waals surface area contributed by atoms with Crippen molar-refractivity contribution in [1.82, 2.24) is 0 Å². The van der Waals surface area contributed by atoms with Crippen molar-refractivity contribution in [2.24, 2.45) is 0 Å². The van der Waals surface area contributed by atoms with Crippen molar-refractivity contribution in [1.29, 1.82) is 0 Å². The zero-order valence-electron chi connectivity index (χ0n) is 11.5. The first-order valence-electron chi connectivity index (χ1n) is 6.23. The average molecular weight is 259 g/mol. The number of hydrogen-bond donors (Lipinski definition) is 1. The molecule has 0 saturated heterocycles. The van der Waals surface area contributed by atoms with E-state index < -0.39 is 0 Å². The van der Waals surface area contributed by atoms with Crippen molar-refractivity contribution in [3.63, 3.8) is 0 Å². The van der Waals surface area contributed by atoms with Gasteiger partial charge in [-0.15, -0.1) is 0 Å². The van der Waals surface area contributed by atoms with Gasteiger partial charge in [-0.05, 0) is 54.8 Å². The monoisotopic (exact) mass is 259 g/mol. The van der Waals surface area contributed by atoms with Gasteiger partial charge >= 0.3 is 0 Å². The molecule has 0 fully saturated rings. The van der Waals surface area contributed by atoms with Crippen molar-refractivity contribution in [3.05, 3.63) is 58.9 Å². The van der Waals surface area contributed by atoms with Crippen LogP contribution in [0, 0.1) is 19.7 Å². The van der Waals surface area contributed by atoms with E-state index >= 15 is 0 Å². The third kappa shape index (κ3) is 3.25. The van der Waals surface area contributed by atoms with Gasteiger partial charge in [0.05, 0.1) is 7.11 Å². The lowest BCUT2D eigenvalue weighted by molar-refractivity contribution is 0.411. The van der Waals surface area contributed by atoms with Gasteiger partial charge in [0.25, 0.3) is 0 Å². The third-order valence-electron chi connectivity index (χ3n) is 3.11. The molecule has 2 nitrogen and oxygen atoms in total. The molecule has 0 heterocycles. The van der Waals surface area contributed by atoms with Crippen LogP contribution in [0.3, 0.4) is 0 Å². The molecule has 0 atom stereocenters. The average Bonchev–Trinajstić information content (AvgIpc) is 2.40. The van der Waals surface area contributed by atoms with Gasteiger partial charge in [0, 0.05) is 12.2 Å². The van der Waals surface area contributed by atoms with Crippen LogP contribution in [0.25, 0.3) is 0 Å². The highest BCUT2D eigenvalue weighted by atomic mass is 19.1. The standard InChI is InChI=1S/C16H18FNO/c1-11-9-14(5-6-15(11)17)18-10-13-4-7-16(19-3)12(2)8-13/h4-9,18H,10H2,1-3H3. The summed E-state index contributed by atoms with van der Waals surface area (Å²) in [6, 6.07) is 11.1. The van der Waals surface area contributed by atoms with E-state index in [0.29, 0.717) is 12.1 Å². The highest BCUT2D eigenvalue weighted by Crippen LogP contribution is 2.20. The Balaban J connectivity index is 2.05. The molecule has 3 heteroatoms. The summed E-state index contributed by atoms with van der Waals surface area (Å²) in [4.78, 5) is 0. The summed E-state index contributed by atoms with van der Waals surface area (Å²) >= 11 is 0. The molecule has 100 valence electrons. The number of nitrogens with one attached hydrogen (secondary N) is 1. The molecule has 1 N–H and O–H groups in total. The second kappa shape index (κ2) is 5.74. The Morgan fingerprint density at radius 1 is 1.05 bits per heavy atom. The molecule has 2 aromatic carbocycles. The van der Waals surface area contributed by atoms with Crippen LogP contribution >= 0.6 is 0 Å². The second-order valence-electron chi connectivity index (χ2n) is 4.62. The van der Waals surface area contributed by atoms with Gasteiger partial charge in [-0.1, -0.05) is 12.1 Å². The molecular weight excluding hydrogens is 241 g/mol. The van der Waals surface area contributed by atoms with E-state index in [-0.39, 0.29) is 5.82 Å². The van der Waals surface area contributed by atoms with E-state index in [1.165, 1.54) is 11.6 Å². The molecule has 0 aliphatic heterocycles. The Morgan fingerprint density at radius 3 is 2.47 bits per heavy atom. The molecule has 0 aliphatic carbocycles. The zero-order valence-corrected chi connectivity index (χ0v) is 11.5. The summed E-state index contributed by atoms with van der Waals surface area (Å²) in [6.07, 6.45) is 0. The molecule has 0 spiro atoms. The number of rotatable bonds is 4. The summed E-state index contributed by atoms with van der Waals surface area (Å²) < 4.78 is 18.4. The van der Waals surface area contributed by atoms with Crippen LogP contribution < -0.4 is 10.1 Å². The van der Waals surface area contributed by atoms with E-state index in [1.54, 1.807) is 20.1 Å². The number of halogens is 1. The molecule has 0 aliphatic rings. The summed E-state index contributed by atoms with van der Waals surface area (Å²) in [7, 11) is 1.67. The molecule has 0 unspecified atom stereocenters. The predicted molar refractivity (Wildman–Crippen MR) is 76.2 cm³/mol. The number of benzene rings is 2. The topological polar surface area (TPSA) is 21.3 Å². The van der Waals surface area contributed by atoms with Gasteiger partial charge in [-0.2, -0.15) is 0 Å². The van der Waals surface area contributed by atoms with Crippen LogP contribution in [-0.2, 0) is 6.54 Å². The normalized spacial score (nSPS) is 10.3. The fraction of sp³-hybridized carbons (Fsp3) is 0.250. The first-order valence-corrected chi connectivity index (χ1v) is 6.23. The summed E-state index contributed by atoms with van der Waals surface area (Å²) in [5, 5.41) is 3.29. The van der Waals surface area contributed by atoms with Gasteiger partial charge in [0.15, 0.2) is 0 Å². The maximum atomic E-state index is 13.2. The van der Waals surface area contributed by atoms with Crippen LogP contribution in [0.4, 0.5) is 10.1 Å². The van der Waals surface area contributed by atoms with Crippen LogP contribution in [-0.4, -0.2) is 7.11 Å². The molecule has 19 heavy (non-hydrogen) atoms. The molecule has 0 aromatic heterocycles. The molecule has 0 bridgehead atoms. The van der Waals surface area contributed by atoms with Crippen molar-refractivity contribution in [2.75, 3.05) is 12.4 Å². The highest BCUT2D eigenvalue weighted by Gasteiger charge is 2.01. The lowest BCUT2D eigenvalue weighted by Gasteiger charge is -2.10. The Kier molecular flexibility index (Phi) is 4.05. The zero-order chi connectivity index (χ0) is 13.8. The Morgan fingerprint density at radius 2 is 1.84 bits per heavy atom. The Labute approximate surface area is 113 Å². The van der Waals surface area contributed by atoms with E-state index in [0.717, 1.165) is 17.0 Å². The van der Waals surface area contributed by atoms with Gasteiger partial charge in [-0.25, -0.2) is 4.39 Å². The van der Waals surface area contributed by atoms with E-state index in [2.05, 4.69) is 11.4 Å². The maximum absolute atomic E-state index is 13.2. The lowest BCUT2D eigenvalue weighted by Crippen LogP contribution is -2.01. The van der Waals surface area contributed by atoms with Crippen molar-refractivity contribution < 1.29 is 9.13 Å². The summed E-state index contributed by atoms with van der Waals surface area (Å²) in [6.45, 7) is 4.48. The summed E-state index contributed by atoms with van der Waals surface area (Å²) in [5.41, 5.74) is 3.85. The lowest BCUT2D eigenvalue weighted by atomic mass is 10.1. The van der Waals surface area contributed by atoms with E-state index in [4.69, 9.17) is 4.74 Å². The van der Waals surface area contributed by atoms with Crippen LogP contribution in [0.15, 0.2) is 36.4 Å². The quantitative estimate of drug-likeness (QED) is 0.894. The largest absolute Gasteiger partial charge is 0.496 e. The van der Waals surface area contributed by atoms with Gasteiger partial charge in [0.1, 0.15) is 11.6 Å². The minimum absolute atomic E-state index is 0.175. The number of hydrogen-bond acceptors (Lipinski definition) is 2. The smallest absolute Gasteiger partial charge is 0.126 e. The maximum Gasteiger partial charge on any atom is 0.126 e. The number of anilines is 1. The fourth-order valence-corrected chi connectivity index (χ4v) is 2.01. The fourth-order valence-electron chi connectivity index (χ4n) is 2.01.